The highest BCUT2D eigenvalue weighted by atomic mass is 79.9. The molecule has 0 radical (unpaired) electrons. The van der Waals surface area contributed by atoms with Crippen molar-refractivity contribution in [3.05, 3.63) is 34.3 Å². The third-order valence-electron chi connectivity index (χ3n) is 4.54. The van der Waals surface area contributed by atoms with Crippen LogP contribution in [0, 0.1) is 0 Å². The summed E-state index contributed by atoms with van der Waals surface area (Å²) >= 11 is 3.50. The highest BCUT2D eigenvalue weighted by molar-refractivity contribution is 9.10. The number of carbonyl (C=O) groups is 1. The Kier molecular flexibility index (Phi) is 5.67. The number of nitrogens with zero attached hydrogens (tertiary/aromatic N) is 1. The minimum atomic E-state index is -0.287. The Labute approximate surface area is 142 Å². The lowest BCUT2D eigenvalue weighted by Gasteiger charge is -2.30. The molecular formula is C18H27BrN2O. The van der Waals surface area contributed by atoms with E-state index in [1.54, 1.807) is 0 Å². The van der Waals surface area contributed by atoms with Crippen LogP contribution < -0.4 is 5.32 Å². The van der Waals surface area contributed by atoms with E-state index in [0.717, 1.165) is 29.4 Å². The normalized spacial score (nSPS) is 16.4. The quantitative estimate of drug-likeness (QED) is 0.797. The molecule has 1 saturated carbocycles. The Hall–Kier alpha value is -0.870. The molecule has 0 heterocycles. The van der Waals surface area contributed by atoms with Crippen molar-refractivity contribution >= 4 is 21.8 Å². The van der Waals surface area contributed by atoms with E-state index < -0.39 is 0 Å². The molecular weight excluding hydrogens is 340 g/mol. The minimum absolute atomic E-state index is 0.179. The maximum atomic E-state index is 12.6. The molecule has 1 aromatic carbocycles. The van der Waals surface area contributed by atoms with Crippen molar-refractivity contribution in [3.8, 4) is 0 Å². The Bertz CT molecular complexity index is 516. The summed E-state index contributed by atoms with van der Waals surface area (Å²) in [6.07, 6.45) is 1.90. The number of benzene rings is 1. The summed E-state index contributed by atoms with van der Waals surface area (Å²) in [5.74, 6) is 0.179. The number of hydrogen-bond acceptors (Lipinski definition) is 2. The van der Waals surface area contributed by atoms with Gasteiger partial charge < -0.3 is 5.32 Å². The van der Waals surface area contributed by atoms with Crippen LogP contribution in [0.3, 0.4) is 0 Å². The zero-order chi connectivity index (χ0) is 16.3. The molecule has 0 aromatic heterocycles. The average molecular weight is 367 g/mol. The van der Waals surface area contributed by atoms with Crippen LogP contribution in [0.1, 0.15) is 46.1 Å². The summed E-state index contributed by atoms with van der Waals surface area (Å²) in [6.45, 7) is 10.4. The van der Waals surface area contributed by atoms with Gasteiger partial charge in [-0.25, -0.2) is 0 Å². The van der Waals surface area contributed by atoms with Gasteiger partial charge >= 0.3 is 0 Å². The van der Waals surface area contributed by atoms with Crippen molar-refractivity contribution < 1.29 is 4.79 Å². The fourth-order valence-electron chi connectivity index (χ4n) is 3.14. The van der Waals surface area contributed by atoms with E-state index in [-0.39, 0.29) is 11.3 Å². The van der Waals surface area contributed by atoms with Crippen molar-refractivity contribution in [2.24, 2.45) is 0 Å². The number of hydrogen-bond donors (Lipinski definition) is 1. The number of halogens is 1. The van der Waals surface area contributed by atoms with E-state index in [4.69, 9.17) is 0 Å². The van der Waals surface area contributed by atoms with E-state index in [1.807, 2.05) is 12.1 Å². The maximum Gasteiger partial charge on any atom is 0.230 e. The Morgan fingerprint density at radius 3 is 2.41 bits per heavy atom. The Balaban J connectivity index is 1.93. The summed E-state index contributed by atoms with van der Waals surface area (Å²) in [4.78, 5) is 15.0. The van der Waals surface area contributed by atoms with Crippen LogP contribution in [0.2, 0.25) is 0 Å². The summed E-state index contributed by atoms with van der Waals surface area (Å²) < 4.78 is 1.04. The zero-order valence-corrected chi connectivity index (χ0v) is 15.6. The van der Waals surface area contributed by atoms with Crippen LogP contribution in [0.4, 0.5) is 0 Å². The van der Waals surface area contributed by atoms with Gasteiger partial charge in [-0.05, 0) is 58.2 Å². The van der Waals surface area contributed by atoms with Gasteiger partial charge in [0.05, 0.1) is 5.41 Å². The molecule has 1 aliphatic rings. The van der Waals surface area contributed by atoms with Crippen molar-refractivity contribution in [1.29, 1.82) is 0 Å². The van der Waals surface area contributed by atoms with Crippen LogP contribution >= 0.6 is 15.9 Å². The van der Waals surface area contributed by atoms with E-state index in [0.29, 0.717) is 18.6 Å². The lowest BCUT2D eigenvalue weighted by molar-refractivity contribution is -0.123. The number of carbonyl (C=O) groups excluding carboxylic acids is 1. The van der Waals surface area contributed by atoms with Gasteiger partial charge in [0.2, 0.25) is 5.91 Å². The van der Waals surface area contributed by atoms with Crippen molar-refractivity contribution in [2.75, 3.05) is 13.1 Å². The van der Waals surface area contributed by atoms with Gasteiger partial charge in [-0.3, -0.25) is 9.69 Å². The highest BCUT2D eigenvalue weighted by Crippen LogP contribution is 2.48. The summed E-state index contributed by atoms with van der Waals surface area (Å²) in [5, 5.41) is 3.15. The molecule has 1 N–H and O–H groups in total. The van der Waals surface area contributed by atoms with Gasteiger partial charge in [0, 0.05) is 29.6 Å². The number of nitrogens with one attached hydrogen (secondary N) is 1. The molecule has 1 aliphatic carbocycles. The van der Waals surface area contributed by atoms with Crippen LogP contribution in [-0.4, -0.2) is 36.0 Å². The fraction of sp³-hybridized carbons (Fsp3) is 0.611. The SMILES string of the molecule is CC(C)N(CCNC(=O)C1(c2cccc(Br)c2)CC1)C(C)C. The first kappa shape index (κ1) is 17.5. The Morgan fingerprint density at radius 1 is 1.27 bits per heavy atom. The van der Waals surface area contributed by atoms with Gasteiger partial charge in [0.15, 0.2) is 0 Å². The molecule has 2 rings (SSSR count). The van der Waals surface area contributed by atoms with Gasteiger partial charge in [0.1, 0.15) is 0 Å². The third kappa shape index (κ3) is 3.90. The molecule has 22 heavy (non-hydrogen) atoms. The van der Waals surface area contributed by atoms with Gasteiger partial charge in [0.25, 0.3) is 0 Å². The second-order valence-electron chi connectivity index (χ2n) is 6.77. The summed E-state index contributed by atoms with van der Waals surface area (Å²) in [6, 6.07) is 9.13. The van der Waals surface area contributed by atoms with E-state index in [1.165, 1.54) is 0 Å². The van der Waals surface area contributed by atoms with Crippen LogP contribution in [0.15, 0.2) is 28.7 Å². The molecule has 0 spiro atoms. The summed E-state index contributed by atoms with van der Waals surface area (Å²) in [5.41, 5.74) is 0.841. The molecule has 0 atom stereocenters. The van der Waals surface area contributed by atoms with Gasteiger partial charge in [-0.15, -0.1) is 0 Å². The van der Waals surface area contributed by atoms with Crippen LogP contribution in [0.5, 0.6) is 0 Å². The number of amides is 1. The first-order chi connectivity index (χ1) is 10.4. The molecule has 4 heteroatoms. The second-order valence-corrected chi connectivity index (χ2v) is 7.69. The summed E-state index contributed by atoms with van der Waals surface area (Å²) in [7, 11) is 0. The molecule has 1 fully saturated rings. The van der Waals surface area contributed by atoms with Crippen molar-refractivity contribution in [1.82, 2.24) is 10.2 Å². The average Bonchev–Trinajstić information content (AvgIpc) is 3.24. The second kappa shape index (κ2) is 7.14. The van der Waals surface area contributed by atoms with Gasteiger partial charge in [-0.2, -0.15) is 0 Å². The molecule has 0 aliphatic heterocycles. The molecule has 1 aromatic rings. The van der Waals surface area contributed by atoms with E-state index >= 15 is 0 Å². The van der Waals surface area contributed by atoms with Crippen molar-refractivity contribution in [3.63, 3.8) is 0 Å². The lowest BCUT2D eigenvalue weighted by atomic mass is 9.95. The maximum absolute atomic E-state index is 12.6. The predicted molar refractivity (Wildman–Crippen MR) is 95.0 cm³/mol. The van der Waals surface area contributed by atoms with Crippen molar-refractivity contribution in [2.45, 2.75) is 58.0 Å². The molecule has 0 bridgehead atoms. The smallest absolute Gasteiger partial charge is 0.230 e. The predicted octanol–water partition coefficient (Wildman–Crippen LogP) is 3.72. The molecule has 0 unspecified atom stereocenters. The zero-order valence-electron chi connectivity index (χ0n) is 14.0. The molecule has 122 valence electrons. The molecule has 3 nitrogen and oxygen atoms in total. The fourth-order valence-corrected chi connectivity index (χ4v) is 3.54. The largest absolute Gasteiger partial charge is 0.354 e. The standard InChI is InChI=1S/C18H27BrN2O/c1-13(2)21(14(3)4)11-10-20-17(22)18(8-9-18)15-6-5-7-16(19)12-15/h5-7,12-14H,8-11H2,1-4H3,(H,20,22). The monoisotopic (exact) mass is 366 g/mol. The number of rotatable bonds is 7. The topological polar surface area (TPSA) is 32.3 Å². The minimum Gasteiger partial charge on any atom is -0.354 e. The molecule has 0 saturated heterocycles. The van der Waals surface area contributed by atoms with E-state index in [9.17, 15) is 4.79 Å². The van der Waals surface area contributed by atoms with Crippen LogP contribution in [0.25, 0.3) is 0 Å². The molecule has 1 amide bonds. The first-order valence-electron chi connectivity index (χ1n) is 8.17. The Morgan fingerprint density at radius 2 is 1.91 bits per heavy atom. The van der Waals surface area contributed by atoms with Crippen LogP contribution in [-0.2, 0) is 10.2 Å². The van der Waals surface area contributed by atoms with E-state index in [2.05, 4.69) is 66.0 Å². The highest BCUT2D eigenvalue weighted by Gasteiger charge is 2.51. The van der Waals surface area contributed by atoms with Gasteiger partial charge in [-0.1, -0.05) is 28.1 Å². The lowest BCUT2D eigenvalue weighted by Crippen LogP contribution is -2.44. The first-order valence-corrected chi connectivity index (χ1v) is 8.96. The third-order valence-corrected chi connectivity index (χ3v) is 5.04.